The molecule has 0 spiro atoms. The maximum atomic E-state index is 13.2. The molecule has 0 atom stereocenters. The van der Waals surface area contributed by atoms with E-state index in [1.54, 1.807) is 11.0 Å². The van der Waals surface area contributed by atoms with E-state index in [1.807, 2.05) is 30.3 Å². The minimum Gasteiger partial charge on any atom is -0.339 e. The summed E-state index contributed by atoms with van der Waals surface area (Å²) in [4.78, 5) is 26.4. The van der Waals surface area contributed by atoms with Gasteiger partial charge in [0, 0.05) is 30.3 Å². The van der Waals surface area contributed by atoms with E-state index in [4.69, 9.17) is 0 Å². The summed E-state index contributed by atoms with van der Waals surface area (Å²) in [6.07, 6.45) is 1.22. The maximum Gasteiger partial charge on any atom is 0.253 e. The first-order chi connectivity index (χ1) is 11.6. The van der Waals surface area contributed by atoms with Gasteiger partial charge in [0.05, 0.1) is 0 Å². The summed E-state index contributed by atoms with van der Waals surface area (Å²) in [6.45, 7) is 1.00. The molecule has 0 unspecified atom stereocenters. The van der Waals surface area contributed by atoms with E-state index in [2.05, 4.69) is 5.32 Å². The van der Waals surface area contributed by atoms with Gasteiger partial charge in [0.15, 0.2) is 0 Å². The van der Waals surface area contributed by atoms with Crippen LogP contribution >= 0.6 is 0 Å². The van der Waals surface area contributed by atoms with Crippen LogP contribution in [0.3, 0.4) is 0 Å². The van der Waals surface area contributed by atoms with E-state index in [-0.39, 0.29) is 17.7 Å². The highest BCUT2D eigenvalue weighted by molar-refractivity contribution is 5.95. The number of carbonyl (C=O) groups excluding carboxylic acids is 2. The Morgan fingerprint density at radius 3 is 2.38 bits per heavy atom. The van der Waals surface area contributed by atoms with Gasteiger partial charge in [-0.1, -0.05) is 24.3 Å². The van der Waals surface area contributed by atoms with Gasteiger partial charge in [-0.05, 0) is 43.2 Å². The molecule has 124 valence electrons. The predicted molar refractivity (Wildman–Crippen MR) is 90.1 cm³/mol. The Balaban J connectivity index is 1.55. The smallest absolute Gasteiger partial charge is 0.253 e. The van der Waals surface area contributed by atoms with Gasteiger partial charge in [0.2, 0.25) is 5.91 Å². The normalized spacial score (nSPS) is 15.1. The molecule has 1 saturated heterocycles. The van der Waals surface area contributed by atoms with Crippen molar-refractivity contribution in [2.75, 3.05) is 18.4 Å². The predicted octanol–water partition coefficient (Wildman–Crippen LogP) is 3.32. The van der Waals surface area contributed by atoms with Crippen LogP contribution in [0.25, 0.3) is 0 Å². The molecule has 0 saturated carbocycles. The Hall–Kier alpha value is -2.69. The maximum absolute atomic E-state index is 13.2. The van der Waals surface area contributed by atoms with E-state index < -0.39 is 5.82 Å². The minimum atomic E-state index is -0.419. The summed E-state index contributed by atoms with van der Waals surface area (Å²) in [7, 11) is 0. The molecule has 0 aliphatic carbocycles. The Morgan fingerprint density at radius 2 is 1.71 bits per heavy atom. The lowest BCUT2D eigenvalue weighted by molar-refractivity contribution is -0.121. The number of hydrogen-bond donors (Lipinski definition) is 1. The highest BCUT2D eigenvalue weighted by atomic mass is 19.1. The summed E-state index contributed by atoms with van der Waals surface area (Å²) < 4.78 is 13.2. The number of benzene rings is 2. The Kier molecular flexibility index (Phi) is 4.89. The molecule has 1 N–H and O–H groups in total. The third-order valence-electron chi connectivity index (χ3n) is 4.27. The molecule has 2 amide bonds. The number of nitrogens with one attached hydrogen (secondary N) is 1. The van der Waals surface area contributed by atoms with Crippen LogP contribution in [0, 0.1) is 11.7 Å². The molecule has 2 aromatic carbocycles. The highest BCUT2D eigenvalue weighted by Crippen LogP contribution is 2.21. The Bertz CT molecular complexity index is 725. The van der Waals surface area contributed by atoms with Gasteiger partial charge in [-0.3, -0.25) is 9.59 Å². The van der Waals surface area contributed by atoms with Gasteiger partial charge < -0.3 is 10.2 Å². The quantitative estimate of drug-likeness (QED) is 0.941. The number of para-hydroxylation sites is 1. The van der Waals surface area contributed by atoms with Crippen LogP contribution in [0.15, 0.2) is 54.6 Å². The summed E-state index contributed by atoms with van der Waals surface area (Å²) in [5, 5.41) is 2.90. The van der Waals surface area contributed by atoms with Crippen molar-refractivity contribution in [1.82, 2.24) is 4.90 Å². The molecule has 1 heterocycles. The monoisotopic (exact) mass is 326 g/mol. The van der Waals surface area contributed by atoms with E-state index in [0.717, 1.165) is 5.69 Å². The van der Waals surface area contributed by atoms with Crippen molar-refractivity contribution >= 4 is 17.5 Å². The fraction of sp³-hybridized carbons (Fsp3) is 0.263. The summed E-state index contributed by atoms with van der Waals surface area (Å²) in [6, 6.07) is 15.0. The molecule has 1 aliphatic rings. The van der Waals surface area contributed by atoms with Gasteiger partial charge in [-0.2, -0.15) is 0 Å². The van der Waals surface area contributed by atoms with Gasteiger partial charge in [0.1, 0.15) is 5.82 Å². The molecule has 2 aromatic rings. The SMILES string of the molecule is O=C(Nc1ccccc1)C1CCN(C(=O)c2cccc(F)c2)CC1. The fourth-order valence-electron chi connectivity index (χ4n) is 2.91. The number of halogens is 1. The lowest BCUT2D eigenvalue weighted by Crippen LogP contribution is -2.41. The van der Waals surface area contributed by atoms with E-state index in [9.17, 15) is 14.0 Å². The number of amides is 2. The van der Waals surface area contributed by atoms with Crippen molar-refractivity contribution < 1.29 is 14.0 Å². The molecule has 1 fully saturated rings. The first-order valence-corrected chi connectivity index (χ1v) is 8.04. The molecule has 3 rings (SSSR count). The molecular weight excluding hydrogens is 307 g/mol. The fourth-order valence-corrected chi connectivity index (χ4v) is 2.91. The van der Waals surface area contributed by atoms with Crippen molar-refractivity contribution in [2.24, 2.45) is 5.92 Å². The van der Waals surface area contributed by atoms with Crippen molar-refractivity contribution in [3.63, 3.8) is 0 Å². The second kappa shape index (κ2) is 7.25. The average Bonchev–Trinajstić information content (AvgIpc) is 2.62. The topological polar surface area (TPSA) is 49.4 Å². The zero-order chi connectivity index (χ0) is 16.9. The number of hydrogen-bond acceptors (Lipinski definition) is 2. The van der Waals surface area contributed by atoms with Crippen LogP contribution in [0.2, 0.25) is 0 Å². The van der Waals surface area contributed by atoms with Gasteiger partial charge in [0.25, 0.3) is 5.91 Å². The van der Waals surface area contributed by atoms with Crippen LogP contribution in [0.1, 0.15) is 23.2 Å². The van der Waals surface area contributed by atoms with Crippen LogP contribution in [-0.2, 0) is 4.79 Å². The molecule has 24 heavy (non-hydrogen) atoms. The first kappa shape index (κ1) is 16.2. The molecule has 0 radical (unpaired) electrons. The molecular formula is C19H19FN2O2. The zero-order valence-corrected chi connectivity index (χ0v) is 13.2. The third kappa shape index (κ3) is 3.79. The molecule has 0 bridgehead atoms. The number of rotatable bonds is 3. The molecule has 1 aliphatic heterocycles. The van der Waals surface area contributed by atoms with E-state index in [1.165, 1.54) is 18.2 Å². The average molecular weight is 326 g/mol. The van der Waals surface area contributed by atoms with Gasteiger partial charge in [-0.15, -0.1) is 0 Å². The molecule has 5 heteroatoms. The van der Waals surface area contributed by atoms with Crippen molar-refractivity contribution in [3.8, 4) is 0 Å². The lowest BCUT2D eigenvalue weighted by atomic mass is 9.95. The zero-order valence-electron chi connectivity index (χ0n) is 13.2. The second-order valence-electron chi connectivity index (χ2n) is 5.93. The summed E-state index contributed by atoms with van der Waals surface area (Å²) in [5.74, 6) is -0.727. The third-order valence-corrected chi connectivity index (χ3v) is 4.27. The van der Waals surface area contributed by atoms with Crippen LogP contribution < -0.4 is 5.32 Å². The largest absolute Gasteiger partial charge is 0.339 e. The summed E-state index contributed by atoms with van der Waals surface area (Å²) in [5.41, 5.74) is 1.13. The number of anilines is 1. The lowest BCUT2D eigenvalue weighted by Gasteiger charge is -2.31. The van der Waals surface area contributed by atoms with E-state index >= 15 is 0 Å². The van der Waals surface area contributed by atoms with Crippen LogP contribution in [0.5, 0.6) is 0 Å². The first-order valence-electron chi connectivity index (χ1n) is 8.04. The standard InChI is InChI=1S/C19H19FN2O2/c20-16-6-4-5-15(13-16)19(24)22-11-9-14(10-12-22)18(23)21-17-7-2-1-3-8-17/h1-8,13-14H,9-12H2,(H,21,23). The van der Waals surface area contributed by atoms with Crippen LogP contribution in [0.4, 0.5) is 10.1 Å². The highest BCUT2D eigenvalue weighted by Gasteiger charge is 2.27. The Labute approximate surface area is 140 Å². The van der Waals surface area contributed by atoms with E-state index in [0.29, 0.717) is 31.5 Å². The van der Waals surface area contributed by atoms with Gasteiger partial charge >= 0.3 is 0 Å². The second-order valence-corrected chi connectivity index (χ2v) is 5.93. The minimum absolute atomic E-state index is 0.0148. The van der Waals surface area contributed by atoms with Crippen molar-refractivity contribution in [3.05, 3.63) is 66.0 Å². The van der Waals surface area contributed by atoms with Crippen molar-refractivity contribution in [2.45, 2.75) is 12.8 Å². The van der Waals surface area contributed by atoms with Crippen LogP contribution in [-0.4, -0.2) is 29.8 Å². The number of carbonyl (C=O) groups is 2. The molecule has 0 aromatic heterocycles. The van der Waals surface area contributed by atoms with Crippen molar-refractivity contribution in [1.29, 1.82) is 0 Å². The number of likely N-dealkylation sites (tertiary alicyclic amines) is 1. The Morgan fingerprint density at radius 1 is 1.00 bits per heavy atom. The summed E-state index contributed by atoms with van der Waals surface area (Å²) >= 11 is 0. The molecule has 4 nitrogen and oxygen atoms in total. The number of piperidine rings is 1. The number of nitrogens with zero attached hydrogens (tertiary/aromatic N) is 1. The van der Waals surface area contributed by atoms with Gasteiger partial charge in [-0.25, -0.2) is 4.39 Å².